The first kappa shape index (κ1) is 17.2. The molecule has 2 heterocycles. The van der Waals surface area contributed by atoms with E-state index in [2.05, 4.69) is 20.7 Å². The number of hydrazone groups is 1. The van der Waals surface area contributed by atoms with Gasteiger partial charge in [-0.2, -0.15) is 10.2 Å². The molecule has 0 unspecified atom stereocenters. The molecule has 0 aliphatic carbocycles. The minimum atomic E-state index is -0.376. The van der Waals surface area contributed by atoms with Crippen LogP contribution in [0, 0.1) is 0 Å². The minimum absolute atomic E-state index is 0.320. The predicted octanol–water partition coefficient (Wildman–Crippen LogP) is 3.50. The van der Waals surface area contributed by atoms with E-state index >= 15 is 0 Å². The highest BCUT2D eigenvalue weighted by Gasteiger charge is 2.10. The summed E-state index contributed by atoms with van der Waals surface area (Å²) in [5.41, 5.74) is 5.16. The average Bonchev–Trinajstić information content (AvgIpc) is 3.33. The van der Waals surface area contributed by atoms with Gasteiger partial charge in [0.05, 0.1) is 25.3 Å². The normalized spacial score (nSPS) is 11.7. The second-order valence-electron chi connectivity index (χ2n) is 5.50. The third kappa shape index (κ3) is 4.27. The van der Waals surface area contributed by atoms with Crippen LogP contribution in [0.15, 0.2) is 63.8 Å². The SMILES string of the molecule is COc1ccc(-c2cc(C(=O)NN=CC(C)=Cc3ccco3)[nH]n2)cc1. The molecular weight excluding hydrogens is 332 g/mol. The molecule has 0 aliphatic heterocycles. The van der Waals surface area contributed by atoms with Gasteiger partial charge in [0.1, 0.15) is 17.2 Å². The number of carbonyl (C=O) groups excluding carboxylic acids is 1. The van der Waals surface area contributed by atoms with Crippen LogP contribution in [0.4, 0.5) is 0 Å². The van der Waals surface area contributed by atoms with Gasteiger partial charge >= 0.3 is 0 Å². The number of methoxy groups -OCH3 is 1. The number of furan rings is 1. The summed E-state index contributed by atoms with van der Waals surface area (Å²) in [5.74, 6) is 1.10. The van der Waals surface area contributed by atoms with Crippen LogP contribution in [-0.2, 0) is 0 Å². The Morgan fingerprint density at radius 3 is 2.81 bits per heavy atom. The van der Waals surface area contributed by atoms with Crippen LogP contribution in [0.3, 0.4) is 0 Å². The number of aromatic amines is 1. The largest absolute Gasteiger partial charge is 0.497 e. The lowest BCUT2D eigenvalue weighted by Gasteiger charge is -2.00. The summed E-state index contributed by atoms with van der Waals surface area (Å²) in [6.07, 6.45) is 4.95. The van der Waals surface area contributed by atoms with Crippen LogP contribution in [0.25, 0.3) is 17.3 Å². The van der Waals surface area contributed by atoms with Crippen LogP contribution in [0.2, 0.25) is 0 Å². The average molecular weight is 350 g/mol. The number of ether oxygens (including phenoxy) is 1. The van der Waals surface area contributed by atoms with Crippen molar-refractivity contribution in [2.75, 3.05) is 7.11 Å². The molecule has 3 aromatic rings. The summed E-state index contributed by atoms with van der Waals surface area (Å²) >= 11 is 0. The third-order valence-corrected chi connectivity index (χ3v) is 3.56. The zero-order chi connectivity index (χ0) is 18.4. The van der Waals surface area contributed by atoms with Gasteiger partial charge in [-0.25, -0.2) is 5.43 Å². The fraction of sp³-hybridized carbons (Fsp3) is 0.105. The summed E-state index contributed by atoms with van der Waals surface area (Å²) in [4.78, 5) is 12.1. The maximum Gasteiger partial charge on any atom is 0.289 e. The fourth-order valence-corrected chi connectivity index (χ4v) is 2.24. The van der Waals surface area contributed by atoms with E-state index in [4.69, 9.17) is 9.15 Å². The lowest BCUT2D eigenvalue weighted by Crippen LogP contribution is -2.17. The van der Waals surface area contributed by atoms with Crippen molar-refractivity contribution in [1.29, 1.82) is 0 Å². The van der Waals surface area contributed by atoms with Gasteiger partial charge in [-0.3, -0.25) is 9.89 Å². The second kappa shape index (κ2) is 7.98. The second-order valence-corrected chi connectivity index (χ2v) is 5.50. The molecule has 7 heteroatoms. The van der Waals surface area contributed by atoms with Gasteiger partial charge in [0.25, 0.3) is 5.91 Å². The number of nitrogens with one attached hydrogen (secondary N) is 2. The molecule has 0 fully saturated rings. The lowest BCUT2D eigenvalue weighted by atomic mass is 10.1. The number of aromatic nitrogens is 2. The molecule has 1 aromatic carbocycles. The summed E-state index contributed by atoms with van der Waals surface area (Å²) < 4.78 is 10.3. The lowest BCUT2D eigenvalue weighted by molar-refractivity contribution is 0.0950. The number of allylic oxidation sites excluding steroid dienone is 1. The third-order valence-electron chi connectivity index (χ3n) is 3.56. The van der Waals surface area contributed by atoms with E-state index in [0.717, 1.165) is 22.6 Å². The molecule has 0 bridgehead atoms. The topological polar surface area (TPSA) is 92.5 Å². The van der Waals surface area contributed by atoms with Crippen molar-refractivity contribution >= 4 is 18.2 Å². The summed E-state index contributed by atoms with van der Waals surface area (Å²) in [6, 6.07) is 12.7. The van der Waals surface area contributed by atoms with Crippen molar-refractivity contribution in [3.05, 3.63) is 65.8 Å². The molecule has 0 saturated heterocycles. The molecule has 0 atom stereocenters. The van der Waals surface area contributed by atoms with Crippen LogP contribution in [-0.4, -0.2) is 29.4 Å². The summed E-state index contributed by atoms with van der Waals surface area (Å²) in [6.45, 7) is 1.86. The number of nitrogens with zero attached hydrogens (tertiary/aromatic N) is 2. The van der Waals surface area contributed by atoms with E-state index in [1.165, 1.54) is 0 Å². The summed E-state index contributed by atoms with van der Waals surface area (Å²) in [5, 5.41) is 10.8. The van der Waals surface area contributed by atoms with Gasteiger partial charge < -0.3 is 9.15 Å². The van der Waals surface area contributed by atoms with Crippen molar-refractivity contribution in [3.63, 3.8) is 0 Å². The van der Waals surface area contributed by atoms with Crippen LogP contribution < -0.4 is 10.2 Å². The zero-order valence-electron chi connectivity index (χ0n) is 14.4. The first-order chi connectivity index (χ1) is 12.7. The maximum absolute atomic E-state index is 12.1. The quantitative estimate of drug-likeness (QED) is 0.526. The molecule has 0 spiro atoms. The first-order valence-corrected chi connectivity index (χ1v) is 7.91. The molecule has 1 amide bonds. The highest BCUT2D eigenvalue weighted by Crippen LogP contribution is 2.21. The number of benzene rings is 1. The van der Waals surface area contributed by atoms with Crippen molar-refractivity contribution in [1.82, 2.24) is 15.6 Å². The zero-order valence-corrected chi connectivity index (χ0v) is 14.4. The van der Waals surface area contributed by atoms with Crippen molar-refractivity contribution in [2.24, 2.45) is 5.10 Å². The van der Waals surface area contributed by atoms with Gasteiger partial charge in [-0.05, 0) is 61.0 Å². The Morgan fingerprint density at radius 2 is 2.12 bits per heavy atom. The number of hydrogen-bond donors (Lipinski definition) is 2. The fourth-order valence-electron chi connectivity index (χ4n) is 2.24. The molecule has 132 valence electrons. The Balaban J connectivity index is 1.61. The number of hydrogen-bond acceptors (Lipinski definition) is 5. The van der Waals surface area contributed by atoms with Crippen LogP contribution in [0.5, 0.6) is 5.75 Å². The Bertz CT molecular complexity index is 922. The predicted molar refractivity (Wildman–Crippen MR) is 98.9 cm³/mol. The monoisotopic (exact) mass is 350 g/mol. The van der Waals surface area contributed by atoms with E-state index < -0.39 is 0 Å². The minimum Gasteiger partial charge on any atom is -0.497 e. The van der Waals surface area contributed by atoms with Crippen molar-refractivity contribution in [2.45, 2.75) is 6.92 Å². The maximum atomic E-state index is 12.1. The number of H-pyrrole nitrogens is 1. The first-order valence-electron chi connectivity index (χ1n) is 7.91. The number of amides is 1. The van der Waals surface area contributed by atoms with E-state index in [1.807, 2.05) is 43.3 Å². The van der Waals surface area contributed by atoms with Gasteiger partial charge in [-0.15, -0.1) is 0 Å². The molecule has 7 nitrogen and oxygen atoms in total. The molecule has 0 aliphatic rings. The van der Waals surface area contributed by atoms with Crippen LogP contribution in [0.1, 0.15) is 23.2 Å². The highest BCUT2D eigenvalue weighted by molar-refractivity contribution is 5.94. The Kier molecular flexibility index (Phi) is 5.28. The van der Waals surface area contributed by atoms with E-state index in [1.54, 1.807) is 31.7 Å². The Morgan fingerprint density at radius 1 is 1.31 bits per heavy atom. The molecule has 2 aromatic heterocycles. The number of carbonyl (C=O) groups is 1. The molecule has 26 heavy (non-hydrogen) atoms. The Labute approximate surface area is 150 Å². The highest BCUT2D eigenvalue weighted by atomic mass is 16.5. The van der Waals surface area contributed by atoms with E-state index in [0.29, 0.717) is 11.4 Å². The molecule has 2 N–H and O–H groups in total. The molecule has 0 radical (unpaired) electrons. The molecule has 3 rings (SSSR count). The van der Waals surface area contributed by atoms with E-state index in [-0.39, 0.29) is 5.91 Å². The standard InChI is InChI=1S/C19H18N4O3/c1-13(10-16-4-3-9-26-16)12-20-23-19(24)18-11-17(21-22-18)14-5-7-15(25-2)8-6-14/h3-12H,1-2H3,(H,21,22)(H,23,24). The van der Waals surface area contributed by atoms with Gasteiger partial charge in [-0.1, -0.05) is 0 Å². The number of rotatable bonds is 6. The van der Waals surface area contributed by atoms with Crippen molar-refractivity contribution < 1.29 is 13.9 Å². The van der Waals surface area contributed by atoms with Crippen LogP contribution >= 0.6 is 0 Å². The van der Waals surface area contributed by atoms with E-state index in [9.17, 15) is 4.79 Å². The van der Waals surface area contributed by atoms with Gasteiger partial charge in [0.2, 0.25) is 0 Å². The summed E-state index contributed by atoms with van der Waals surface area (Å²) in [7, 11) is 1.61. The van der Waals surface area contributed by atoms with Crippen molar-refractivity contribution in [3.8, 4) is 17.0 Å². The molecular formula is C19H18N4O3. The van der Waals surface area contributed by atoms with Gasteiger partial charge in [0, 0.05) is 5.56 Å². The Hall–Kier alpha value is -3.61. The van der Waals surface area contributed by atoms with Gasteiger partial charge in [0.15, 0.2) is 0 Å². The smallest absolute Gasteiger partial charge is 0.289 e. The molecule has 0 saturated carbocycles.